The van der Waals surface area contributed by atoms with Gasteiger partial charge in [-0.2, -0.15) is 5.26 Å². The van der Waals surface area contributed by atoms with E-state index < -0.39 is 0 Å². The van der Waals surface area contributed by atoms with Crippen LogP contribution in [0.25, 0.3) is 0 Å². The zero-order valence-corrected chi connectivity index (χ0v) is 11.4. The number of anilines is 1. The number of hydrogen-bond acceptors (Lipinski definition) is 6. The van der Waals surface area contributed by atoms with Crippen molar-refractivity contribution >= 4 is 34.3 Å². The summed E-state index contributed by atoms with van der Waals surface area (Å²) in [5.74, 6) is 0.322. The number of rotatable bonds is 3. The van der Waals surface area contributed by atoms with E-state index in [4.69, 9.17) is 5.26 Å². The van der Waals surface area contributed by atoms with E-state index >= 15 is 0 Å². The minimum absolute atomic E-state index is 0.298. The van der Waals surface area contributed by atoms with E-state index in [0.717, 1.165) is 0 Å². The molecular weight excluding hydrogens is 258 g/mol. The lowest BCUT2D eigenvalue weighted by Gasteiger charge is -2.19. The Hall–Kier alpha value is -1.33. The van der Waals surface area contributed by atoms with Crippen LogP contribution >= 0.6 is 23.1 Å². The van der Waals surface area contributed by atoms with E-state index in [1.54, 1.807) is 0 Å². The van der Waals surface area contributed by atoms with Gasteiger partial charge in [0.15, 0.2) is 4.34 Å². The Morgan fingerprint density at radius 3 is 2.82 bits per heavy atom. The SMILES string of the molecule is CC(C)(C)NC(=O)Nc1nnc(SCC#N)s1. The standard InChI is InChI=1S/C9H13N5OS2/c1-9(2,3)12-6(15)11-7-13-14-8(17-7)16-5-4-10/h5H2,1-3H3,(H2,11,12,13,15). The molecule has 17 heavy (non-hydrogen) atoms. The molecule has 0 aliphatic rings. The summed E-state index contributed by atoms with van der Waals surface area (Å²) in [4.78, 5) is 11.5. The zero-order valence-electron chi connectivity index (χ0n) is 9.77. The van der Waals surface area contributed by atoms with Gasteiger partial charge >= 0.3 is 6.03 Å². The minimum atomic E-state index is -0.314. The van der Waals surface area contributed by atoms with Gasteiger partial charge in [0.25, 0.3) is 0 Å². The van der Waals surface area contributed by atoms with Crippen molar-refractivity contribution in [2.45, 2.75) is 30.6 Å². The number of aromatic nitrogens is 2. The van der Waals surface area contributed by atoms with Gasteiger partial charge in [-0.25, -0.2) is 4.79 Å². The second-order valence-corrected chi connectivity index (χ2v) is 6.35. The predicted molar refractivity (Wildman–Crippen MR) is 68.2 cm³/mol. The Morgan fingerprint density at radius 1 is 1.53 bits per heavy atom. The molecule has 1 heterocycles. The van der Waals surface area contributed by atoms with Gasteiger partial charge in [0, 0.05) is 5.54 Å². The van der Waals surface area contributed by atoms with Crippen molar-refractivity contribution < 1.29 is 4.79 Å². The highest BCUT2D eigenvalue weighted by molar-refractivity contribution is 8.01. The number of thioether (sulfide) groups is 1. The number of carbonyl (C=O) groups excluding carboxylic acids is 1. The van der Waals surface area contributed by atoms with Crippen LogP contribution in [-0.4, -0.2) is 27.5 Å². The average molecular weight is 271 g/mol. The van der Waals surface area contributed by atoms with Crippen LogP contribution in [0.5, 0.6) is 0 Å². The third kappa shape index (κ3) is 5.51. The van der Waals surface area contributed by atoms with Crippen LogP contribution < -0.4 is 10.6 Å². The molecule has 0 bridgehead atoms. The Morgan fingerprint density at radius 2 is 2.24 bits per heavy atom. The van der Waals surface area contributed by atoms with Crippen molar-refractivity contribution in [1.29, 1.82) is 5.26 Å². The maximum Gasteiger partial charge on any atom is 0.321 e. The first-order valence-corrected chi connectivity index (χ1v) is 6.63. The number of hydrogen-bond donors (Lipinski definition) is 2. The summed E-state index contributed by atoms with van der Waals surface area (Å²) in [5.41, 5.74) is -0.298. The van der Waals surface area contributed by atoms with E-state index in [9.17, 15) is 4.79 Å². The van der Waals surface area contributed by atoms with Crippen LogP contribution in [0.2, 0.25) is 0 Å². The normalized spacial score (nSPS) is 10.7. The highest BCUT2D eigenvalue weighted by atomic mass is 32.2. The summed E-state index contributed by atoms with van der Waals surface area (Å²) in [6.07, 6.45) is 0. The first-order chi connectivity index (χ1) is 7.90. The largest absolute Gasteiger partial charge is 0.333 e. The van der Waals surface area contributed by atoms with E-state index in [2.05, 4.69) is 20.8 Å². The van der Waals surface area contributed by atoms with Crippen LogP contribution in [-0.2, 0) is 0 Å². The van der Waals surface area contributed by atoms with Crippen LogP contribution in [0.3, 0.4) is 0 Å². The van der Waals surface area contributed by atoms with Crippen molar-refractivity contribution in [3.8, 4) is 6.07 Å². The minimum Gasteiger partial charge on any atom is -0.333 e. The van der Waals surface area contributed by atoms with Gasteiger partial charge in [-0.05, 0) is 20.8 Å². The van der Waals surface area contributed by atoms with Crippen LogP contribution in [0.1, 0.15) is 20.8 Å². The number of amides is 2. The second-order valence-electron chi connectivity index (χ2n) is 4.15. The molecule has 0 atom stereocenters. The average Bonchev–Trinajstić information content (AvgIpc) is 2.59. The Kier molecular flexibility index (Phi) is 4.72. The first kappa shape index (κ1) is 13.7. The lowest BCUT2D eigenvalue weighted by Crippen LogP contribution is -2.43. The number of nitriles is 1. The molecular formula is C9H13N5OS2. The summed E-state index contributed by atoms with van der Waals surface area (Å²) < 4.78 is 0.664. The Labute approximate surface area is 108 Å². The first-order valence-electron chi connectivity index (χ1n) is 4.83. The number of nitrogens with one attached hydrogen (secondary N) is 2. The molecule has 0 fully saturated rings. The molecule has 92 valence electrons. The number of urea groups is 1. The maximum absolute atomic E-state index is 11.5. The van der Waals surface area contributed by atoms with Crippen LogP contribution in [0.4, 0.5) is 9.93 Å². The van der Waals surface area contributed by atoms with Crippen molar-refractivity contribution in [2.75, 3.05) is 11.1 Å². The summed E-state index contributed by atoms with van der Waals surface area (Å²) in [6, 6.07) is 1.69. The smallest absolute Gasteiger partial charge is 0.321 e. The molecule has 2 amide bonds. The molecule has 0 spiro atoms. The second kappa shape index (κ2) is 5.84. The molecule has 6 nitrogen and oxygen atoms in total. The van der Waals surface area contributed by atoms with E-state index in [-0.39, 0.29) is 11.6 Å². The highest BCUT2D eigenvalue weighted by Crippen LogP contribution is 2.24. The molecule has 0 radical (unpaired) electrons. The predicted octanol–water partition coefficient (Wildman–Crippen LogP) is 2.07. The summed E-state index contributed by atoms with van der Waals surface area (Å²) >= 11 is 2.54. The topological polar surface area (TPSA) is 90.7 Å². The quantitative estimate of drug-likeness (QED) is 0.648. The molecule has 1 rings (SSSR count). The third-order valence-electron chi connectivity index (χ3n) is 1.38. The van der Waals surface area contributed by atoms with Gasteiger partial charge in [-0.1, -0.05) is 23.1 Å². The zero-order chi connectivity index (χ0) is 12.9. The maximum atomic E-state index is 11.5. The lowest BCUT2D eigenvalue weighted by atomic mass is 10.1. The molecule has 0 aromatic carbocycles. The van der Waals surface area contributed by atoms with Crippen molar-refractivity contribution in [1.82, 2.24) is 15.5 Å². The van der Waals surface area contributed by atoms with Gasteiger partial charge < -0.3 is 5.32 Å². The number of carbonyl (C=O) groups is 1. The third-order valence-corrected chi connectivity index (χ3v) is 3.21. The van der Waals surface area contributed by atoms with Crippen LogP contribution in [0.15, 0.2) is 4.34 Å². The summed E-state index contributed by atoms with van der Waals surface area (Å²) in [7, 11) is 0. The van der Waals surface area contributed by atoms with E-state index in [1.807, 2.05) is 26.8 Å². The van der Waals surface area contributed by atoms with Gasteiger partial charge in [0.05, 0.1) is 11.8 Å². The fraction of sp³-hybridized carbons (Fsp3) is 0.556. The van der Waals surface area contributed by atoms with Crippen molar-refractivity contribution in [2.24, 2.45) is 0 Å². The molecule has 1 aromatic heterocycles. The van der Waals surface area contributed by atoms with E-state index in [1.165, 1.54) is 23.1 Å². The monoisotopic (exact) mass is 271 g/mol. The highest BCUT2D eigenvalue weighted by Gasteiger charge is 2.15. The molecule has 0 saturated carbocycles. The van der Waals surface area contributed by atoms with Gasteiger partial charge in [-0.3, -0.25) is 5.32 Å². The fourth-order valence-corrected chi connectivity index (χ4v) is 2.29. The molecule has 2 N–H and O–H groups in total. The Bertz CT molecular complexity index is 431. The van der Waals surface area contributed by atoms with Gasteiger partial charge in [0.1, 0.15) is 0 Å². The lowest BCUT2D eigenvalue weighted by molar-refractivity contribution is 0.244. The molecule has 0 aliphatic carbocycles. The molecule has 0 saturated heterocycles. The molecule has 8 heteroatoms. The van der Waals surface area contributed by atoms with Gasteiger partial charge in [0.2, 0.25) is 5.13 Å². The fourth-order valence-electron chi connectivity index (χ4n) is 0.882. The van der Waals surface area contributed by atoms with Crippen LogP contribution in [0, 0.1) is 11.3 Å². The van der Waals surface area contributed by atoms with E-state index in [0.29, 0.717) is 15.2 Å². The van der Waals surface area contributed by atoms with Crippen molar-refractivity contribution in [3.63, 3.8) is 0 Å². The molecule has 1 aromatic rings. The summed E-state index contributed by atoms with van der Waals surface area (Å²) in [5, 5.41) is 21.8. The molecule has 0 aliphatic heterocycles. The summed E-state index contributed by atoms with van der Waals surface area (Å²) in [6.45, 7) is 5.67. The number of nitrogens with zero attached hydrogens (tertiary/aromatic N) is 3. The van der Waals surface area contributed by atoms with Crippen molar-refractivity contribution in [3.05, 3.63) is 0 Å². The Balaban J connectivity index is 2.49. The van der Waals surface area contributed by atoms with Gasteiger partial charge in [-0.15, -0.1) is 10.2 Å². The molecule has 0 unspecified atom stereocenters.